The summed E-state index contributed by atoms with van der Waals surface area (Å²) in [6.45, 7) is 11.0. The van der Waals surface area contributed by atoms with Crippen LogP contribution in [0.3, 0.4) is 0 Å². The molecule has 3 heterocycles. The van der Waals surface area contributed by atoms with Crippen LogP contribution in [0, 0.1) is 25.2 Å². The van der Waals surface area contributed by atoms with Gasteiger partial charge < -0.3 is 15.5 Å². The lowest BCUT2D eigenvalue weighted by molar-refractivity contribution is 0.219. The van der Waals surface area contributed by atoms with Gasteiger partial charge in [-0.2, -0.15) is 10.4 Å². The number of hydrogen-bond acceptors (Lipinski definition) is 6. The van der Waals surface area contributed by atoms with Gasteiger partial charge in [-0.05, 0) is 56.9 Å². The van der Waals surface area contributed by atoms with Crippen LogP contribution in [0.5, 0.6) is 0 Å². The summed E-state index contributed by atoms with van der Waals surface area (Å²) in [6, 6.07) is 9.31. The van der Waals surface area contributed by atoms with Gasteiger partial charge in [-0.1, -0.05) is 31.2 Å². The second-order valence-corrected chi connectivity index (χ2v) is 8.55. The normalized spacial score (nSPS) is 21.3. The van der Waals surface area contributed by atoms with Crippen molar-refractivity contribution in [3.05, 3.63) is 62.8 Å². The molecule has 0 aliphatic carbocycles. The average molecular weight is 429 g/mol. The Hall–Kier alpha value is -3.17. The lowest BCUT2D eigenvalue weighted by atomic mass is 10.0. The van der Waals surface area contributed by atoms with E-state index in [0.29, 0.717) is 24.2 Å². The largest absolute Gasteiger partial charge is 0.366 e. The number of fused-ring (bicyclic) bond motifs is 1. The molecule has 4 rings (SSSR count). The lowest BCUT2D eigenvalue weighted by Gasteiger charge is -2.39. The van der Waals surface area contributed by atoms with E-state index < -0.39 is 0 Å². The molecule has 0 spiro atoms. The SMILES string of the molecule is C/C=c1/c(C)nnc(NCc2cccc(C#N)c2C)/c1=C/C(=C/CC)N1CCC2NCC21. The molecular formula is C26H32N6. The van der Waals surface area contributed by atoms with Crippen LogP contribution >= 0.6 is 0 Å². The van der Waals surface area contributed by atoms with Crippen LogP contribution in [-0.4, -0.2) is 40.3 Å². The molecule has 2 N–H and O–H groups in total. The topological polar surface area (TPSA) is 76.9 Å². The van der Waals surface area contributed by atoms with Crippen molar-refractivity contribution in [3.63, 3.8) is 0 Å². The van der Waals surface area contributed by atoms with Crippen molar-refractivity contribution >= 4 is 18.0 Å². The summed E-state index contributed by atoms with van der Waals surface area (Å²) in [7, 11) is 0. The average Bonchev–Trinajstić information content (AvgIpc) is 3.07. The van der Waals surface area contributed by atoms with E-state index in [4.69, 9.17) is 0 Å². The Morgan fingerprint density at radius 3 is 2.81 bits per heavy atom. The Labute approximate surface area is 190 Å². The van der Waals surface area contributed by atoms with Crippen LogP contribution in [0.1, 0.15) is 49.1 Å². The molecule has 2 atom stereocenters. The van der Waals surface area contributed by atoms with Crippen molar-refractivity contribution in [2.75, 3.05) is 18.4 Å². The highest BCUT2D eigenvalue weighted by atomic mass is 15.3. The predicted octanol–water partition coefficient (Wildman–Crippen LogP) is 2.50. The molecule has 0 saturated carbocycles. The van der Waals surface area contributed by atoms with Crippen LogP contribution in [-0.2, 0) is 6.54 Å². The van der Waals surface area contributed by atoms with Gasteiger partial charge in [0.15, 0.2) is 5.82 Å². The first kappa shape index (κ1) is 22.0. The number of anilines is 1. The third-order valence-corrected chi connectivity index (χ3v) is 6.71. The van der Waals surface area contributed by atoms with Crippen molar-refractivity contribution in [2.24, 2.45) is 0 Å². The Kier molecular flexibility index (Phi) is 6.57. The molecule has 32 heavy (non-hydrogen) atoms. The fourth-order valence-corrected chi connectivity index (χ4v) is 4.76. The van der Waals surface area contributed by atoms with Crippen molar-refractivity contribution < 1.29 is 0 Å². The number of rotatable bonds is 6. The van der Waals surface area contributed by atoms with Crippen LogP contribution in [0.4, 0.5) is 5.82 Å². The zero-order valence-corrected chi connectivity index (χ0v) is 19.4. The smallest absolute Gasteiger partial charge is 0.156 e. The molecule has 2 unspecified atom stereocenters. The standard InChI is InChI=1S/C26H32N6/c1-5-8-21(32-12-11-24-25(32)16-28-24)13-23-22(6-2)18(4)30-31-26(23)29-15-20-10-7-9-19(14-27)17(20)3/h6-10,13,24-25,28H,5,11-12,15-16H2,1-4H3,(H,29,31)/b21-8-,22-6-,23-13+. The maximum absolute atomic E-state index is 9.35. The molecule has 2 aliphatic rings. The van der Waals surface area contributed by atoms with Crippen LogP contribution in [0.15, 0.2) is 30.0 Å². The highest BCUT2D eigenvalue weighted by Crippen LogP contribution is 2.28. The maximum Gasteiger partial charge on any atom is 0.156 e. The van der Waals surface area contributed by atoms with E-state index in [0.717, 1.165) is 52.6 Å². The summed E-state index contributed by atoms with van der Waals surface area (Å²) in [5.74, 6) is 0.773. The number of aryl methyl sites for hydroxylation is 1. The second kappa shape index (κ2) is 9.54. The third-order valence-electron chi connectivity index (χ3n) is 6.71. The number of benzene rings is 1. The molecule has 6 nitrogen and oxygen atoms in total. The van der Waals surface area contributed by atoms with E-state index in [9.17, 15) is 5.26 Å². The number of nitriles is 1. The minimum Gasteiger partial charge on any atom is -0.366 e. The van der Waals surface area contributed by atoms with Gasteiger partial charge in [0.1, 0.15) is 0 Å². The van der Waals surface area contributed by atoms with E-state index in [1.165, 1.54) is 12.1 Å². The molecule has 0 bridgehead atoms. The zero-order valence-electron chi connectivity index (χ0n) is 19.4. The lowest BCUT2D eigenvalue weighted by Crippen LogP contribution is -2.58. The highest BCUT2D eigenvalue weighted by molar-refractivity contribution is 5.55. The van der Waals surface area contributed by atoms with Crippen molar-refractivity contribution in [1.29, 1.82) is 5.26 Å². The van der Waals surface area contributed by atoms with E-state index >= 15 is 0 Å². The quantitative estimate of drug-likeness (QED) is 0.736. The number of allylic oxidation sites excluding steroid dienone is 2. The first-order valence-electron chi connectivity index (χ1n) is 11.5. The summed E-state index contributed by atoms with van der Waals surface area (Å²) in [5, 5.41) is 27.5. The van der Waals surface area contributed by atoms with Crippen LogP contribution < -0.4 is 21.1 Å². The summed E-state index contributed by atoms with van der Waals surface area (Å²) < 4.78 is 0. The monoisotopic (exact) mass is 428 g/mol. The fourth-order valence-electron chi connectivity index (χ4n) is 4.76. The second-order valence-electron chi connectivity index (χ2n) is 8.55. The van der Waals surface area contributed by atoms with E-state index in [1.54, 1.807) is 0 Å². The first-order valence-corrected chi connectivity index (χ1v) is 11.5. The van der Waals surface area contributed by atoms with Crippen molar-refractivity contribution in [1.82, 2.24) is 20.4 Å². The fraction of sp³-hybridized carbons (Fsp3) is 0.423. The Morgan fingerprint density at radius 1 is 1.31 bits per heavy atom. The molecule has 2 aliphatic heterocycles. The summed E-state index contributed by atoms with van der Waals surface area (Å²) in [4.78, 5) is 2.55. The Balaban J connectivity index is 1.73. The van der Waals surface area contributed by atoms with Gasteiger partial charge in [0.05, 0.1) is 23.4 Å². The molecular weight excluding hydrogens is 396 g/mol. The van der Waals surface area contributed by atoms with Crippen LogP contribution in [0.2, 0.25) is 0 Å². The van der Waals surface area contributed by atoms with E-state index in [-0.39, 0.29) is 0 Å². The Morgan fingerprint density at radius 2 is 2.16 bits per heavy atom. The van der Waals surface area contributed by atoms with Gasteiger partial charge in [0, 0.05) is 41.8 Å². The van der Waals surface area contributed by atoms with Crippen molar-refractivity contribution in [3.8, 4) is 6.07 Å². The molecule has 6 heteroatoms. The summed E-state index contributed by atoms with van der Waals surface area (Å²) in [5.41, 5.74) is 4.99. The third kappa shape index (κ3) is 4.13. The number of aromatic nitrogens is 2. The minimum absolute atomic E-state index is 0.585. The molecule has 2 aromatic rings. The number of nitrogens with one attached hydrogen (secondary N) is 2. The summed E-state index contributed by atoms with van der Waals surface area (Å²) in [6.07, 6.45) is 8.89. The number of likely N-dealkylation sites (tertiary alicyclic amines) is 1. The molecule has 2 saturated heterocycles. The molecule has 1 aromatic heterocycles. The number of nitrogens with zero attached hydrogens (tertiary/aromatic N) is 4. The van der Waals surface area contributed by atoms with Gasteiger partial charge in [-0.25, -0.2) is 0 Å². The van der Waals surface area contributed by atoms with E-state index in [2.05, 4.69) is 69.9 Å². The molecule has 166 valence electrons. The van der Waals surface area contributed by atoms with Gasteiger partial charge in [-0.3, -0.25) is 0 Å². The predicted molar refractivity (Wildman–Crippen MR) is 129 cm³/mol. The first-order chi connectivity index (χ1) is 15.6. The highest BCUT2D eigenvalue weighted by Gasteiger charge is 2.40. The zero-order chi connectivity index (χ0) is 22.7. The molecule has 1 aromatic carbocycles. The Bertz CT molecular complexity index is 1190. The minimum atomic E-state index is 0.585. The van der Waals surface area contributed by atoms with Crippen LogP contribution in [0.25, 0.3) is 12.2 Å². The van der Waals surface area contributed by atoms with Crippen molar-refractivity contribution in [2.45, 2.75) is 59.2 Å². The molecule has 2 fully saturated rings. The van der Waals surface area contributed by atoms with E-state index in [1.807, 2.05) is 26.0 Å². The van der Waals surface area contributed by atoms with Gasteiger partial charge in [0.25, 0.3) is 0 Å². The number of hydrogen-bond donors (Lipinski definition) is 2. The maximum atomic E-state index is 9.35. The van der Waals surface area contributed by atoms with Gasteiger partial charge >= 0.3 is 0 Å². The summed E-state index contributed by atoms with van der Waals surface area (Å²) >= 11 is 0. The molecule has 0 radical (unpaired) electrons. The van der Waals surface area contributed by atoms with Gasteiger partial charge in [-0.15, -0.1) is 5.10 Å². The molecule has 0 amide bonds. The van der Waals surface area contributed by atoms with Gasteiger partial charge in [0.2, 0.25) is 0 Å².